The minimum Gasteiger partial charge on any atom is -0.461 e. The number of rotatable bonds is 4. The molecule has 0 radical (unpaired) electrons. The van der Waals surface area contributed by atoms with Gasteiger partial charge in [0.2, 0.25) is 10.0 Å². The SMILES string of the molecule is CCOC(=O)c1cc2c(cn1)[nH]c1ccc(S(=O)(=O)N(C)C)cc12. The molecule has 1 N–H and O–H groups in total. The molecule has 0 aliphatic heterocycles. The van der Waals surface area contributed by atoms with Gasteiger partial charge in [0.25, 0.3) is 0 Å². The molecule has 0 amide bonds. The molecular weight excluding hydrogens is 330 g/mol. The maximum atomic E-state index is 12.3. The Morgan fingerprint density at radius 1 is 1.21 bits per heavy atom. The van der Waals surface area contributed by atoms with Gasteiger partial charge in [-0.05, 0) is 31.2 Å². The summed E-state index contributed by atoms with van der Waals surface area (Å²) in [6, 6.07) is 6.46. The molecule has 0 aliphatic carbocycles. The number of carbonyl (C=O) groups excluding carboxylic acids is 1. The number of nitrogens with one attached hydrogen (secondary N) is 1. The minimum absolute atomic E-state index is 0.186. The molecule has 126 valence electrons. The first-order chi connectivity index (χ1) is 11.3. The van der Waals surface area contributed by atoms with Gasteiger partial charge < -0.3 is 9.72 Å². The number of hydrogen-bond donors (Lipinski definition) is 1. The molecule has 3 rings (SSSR count). The van der Waals surface area contributed by atoms with Crippen molar-refractivity contribution in [3.05, 3.63) is 36.2 Å². The molecule has 0 bridgehead atoms. The fraction of sp³-hybridized carbons (Fsp3) is 0.250. The van der Waals surface area contributed by atoms with Crippen LogP contribution in [0, 0.1) is 0 Å². The maximum Gasteiger partial charge on any atom is 0.356 e. The summed E-state index contributed by atoms with van der Waals surface area (Å²) in [6.45, 7) is 1.98. The van der Waals surface area contributed by atoms with Crippen LogP contribution in [0.5, 0.6) is 0 Å². The third kappa shape index (κ3) is 2.63. The Labute approximate surface area is 139 Å². The molecule has 7 nitrogen and oxygen atoms in total. The second-order valence-electron chi connectivity index (χ2n) is 5.46. The number of esters is 1. The zero-order chi connectivity index (χ0) is 17.5. The number of sulfonamides is 1. The summed E-state index contributed by atoms with van der Waals surface area (Å²) in [7, 11) is -0.570. The molecule has 3 aromatic rings. The minimum atomic E-state index is -3.54. The summed E-state index contributed by atoms with van der Waals surface area (Å²) in [5, 5.41) is 1.43. The highest BCUT2D eigenvalue weighted by Crippen LogP contribution is 2.28. The summed E-state index contributed by atoms with van der Waals surface area (Å²) < 4.78 is 30.8. The van der Waals surface area contributed by atoms with Gasteiger partial charge in [-0.2, -0.15) is 0 Å². The van der Waals surface area contributed by atoms with E-state index in [-0.39, 0.29) is 17.2 Å². The van der Waals surface area contributed by atoms with Crippen molar-refractivity contribution in [1.29, 1.82) is 0 Å². The van der Waals surface area contributed by atoms with Gasteiger partial charge in [0.15, 0.2) is 0 Å². The van der Waals surface area contributed by atoms with Gasteiger partial charge >= 0.3 is 5.97 Å². The van der Waals surface area contributed by atoms with Crippen molar-refractivity contribution in [2.45, 2.75) is 11.8 Å². The molecule has 2 heterocycles. The van der Waals surface area contributed by atoms with Crippen LogP contribution >= 0.6 is 0 Å². The summed E-state index contributed by atoms with van der Waals surface area (Å²) >= 11 is 0. The zero-order valence-electron chi connectivity index (χ0n) is 13.5. The second kappa shape index (κ2) is 5.88. The van der Waals surface area contributed by atoms with E-state index in [0.717, 1.165) is 20.7 Å². The number of benzene rings is 1. The number of pyridine rings is 1. The van der Waals surface area contributed by atoms with E-state index in [9.17, 15) is 13.2 Å². The Morgan fingerprint density at radius 3 is 2.58 bits per heavy atom. The summed E-state index contributed by atoms with van der Waals surface area (Å²) in [6.07, 6.45) is 1.54. The zero-order valence-corrected chi connectivity index (χ0v) is 14.3. The van der Waals surface area contributed by atoms with E-state index >= 15 is 0 Å². The van der Waals surface area contributed by atoms with E-state index in [2.05, 4.69) is 9.97 Å². The molecule has 0 spiro atoms. The number of aromatic nitrogens is 2. The van der Waals surface area contributed by atoms with Crippen LogP contribution < -0.4 is 0 Å². The Morgan fingerprint density at radius 2 is 1.92 bits per heavy atom. The number of nitrogens with zero attached hydrogens (tertiary/aromatic N) is 2. The van der Waals surface area contributed by atoms with Crippen LogP contribution in [-0.2, 0) is 14.8 Å². The van der Waals surface area contributed by atoms with E-state index in [1.807, 2.05) is 0 Å². The average molecular weight is 347 g/mol. The molecule has 8 heteroatoms. The predicted octanol–water partition coefficient (Wildman–Crippen LogP) is 2.14. The highest BCUT2D eigenvalue weighted by molar-refractivity contribution is 7.89. The normalized spacial score (nSPS) is 12.2. The molecule has 24 heavy (non-hydrogen) atoms. The molecule has 0 unspecified atom stereocenters. The second-order valence-corrected chi connectivity index (χ2v) is 7.61. The van der Waals surface area contributed by atoms with Gasteiger partial charge in [0, 0.05) is 30.4 Å². The van der Waals surface area contributed by atoms with Crippen LogP contribution in [0.1, 0.15) is 17.4 Å². The van der Waals surface area contributed by atoms with Gasteiger partial charge in [-0.25, -0.2) is 22.5 Å². The van der Waals surface area contributed by atoms with Crippen LogP contribution in [0.2, 0.25) is 0 Å². The van der Waals surface area contributed by atoms with Crippen molar-refractivity contribution >= 4 is 37.8 Å². The van der Waals surface area contributed by atoms with Crippen molar-refractivity contribution in [2.24, 2.45) is 0 Å². The van der Waals surface area contributed by atoms with Crippen molar-refractivity contribution in [3.8, 4) is 0 Å². The van der Waals surface area contributed by atoms with E-state index in [1.54, 1.807) is 37.4 Å². The topological polar surface area (TPSA) is 92.4 Å². The highest BCUT2D eigenvalue weighted by Gasteiger charge is 2.19. The standard InChI is InChI=1S/C16H17N3O4S/c1-4-23-16(20)14-8-12-11-7-10(24(21,22)19(2)3)5-6-13(11)18-15(12)9-17-14/h5-9,18H,4H2,1-3H3. The van der Waals surface area contributed by atoms with E-state index in [0.29, 0.717) is 5.39 Å². The third-order valence-electron chi connectivity index (χ3n) is 3.72. The Balaban J connectivity index is 2.22. The van der Waals surface area contributed by atoms with Gasteiger partial charge in [0.1, 0.15) is 5.69 Å². The lowest BCUT2D eigenvalue weighted by Gasteiger charge is -2.11. The van der Waals surface area contributed by atoms with Gasteiger partial charge in [0.05, 0.1) is 23.2 Å². The molecule has 0 fully saturated rings. The lowest BCUT2D eigenvalue weighted by atomic mass is 10.1. The first kappa shape index (κ1) is 16.4. The molecule has 1 aromatic carbocycles. The monoisotopic (exact) mass is 347 g/mol. The molecular formula is C16H17N3O4S. The molecule has 0 aliphatic rings. The molecule has 0 atom stereocenters. The molecule has 2 aromatic heterocycles. The fourth-order valence-corrected chi connectivity index (χ4v) is 3.39. The van der Waals surface area contributed by atoms with E-state index in [4.69, 9.17) is 4.74 Å². The van der Waals surface area contributed by atoms with Crippen LogP contribution in [-0.4, -0.2) is 49.4 Å². The van der Waals surface area contributed by atoms with Crippen LogP contribution in [0.25, 0.3) is 21.8 Å². The molecule has 0 saturated heterocycles. The van der Waals surface area contributed by atoms with Gasteiger partial charge in [-0.1, -0.05) is 0 Å². The fourth-order valence-electron chi connectivity index (χ4n) is 2.47. The maximum absolute atomic E-state index is 12.3. The van der Waals surface area contributed by atoms with Crippen LogP contribution in [0.3, 0.4) is 0 Å². The van der Waals surface area contributed by atoms with Crippen molar-refractivity contribution in [3.63, 3.8) is 0 Å². The first-order valence-electron chi connectivity index (χ1n) is 7.35. The van der Waals surface area contributed by atoms with Gasteiger partial charge in [-0.3, -0.25) is 0 Å². The number of H-pyrrole nitrogens is 1. The largest absolute Gasteiger partial charge is 0.461 e. The summed E-state index contributed by atoms with van der Waals surface area (Å²) in [5.74, 6) is -0.509. The lowest BCUT2D eigenvalue weighted by molar-refractivity contribution is 0.0519. The average Bonchev–Trinajstić information content (AvgIpc) is 2.91. The smallest absolute Gasteiger partial charge is 0.356 e. The predicted molar refractivity (Wildman–Crippen MR) is 90.4 cm³/mol. The number of carbonyl (C=O) groups is 1. The van der Waals surface area contributed by atoms with Gasteiger partial charge in [-0.15, -0.1) is 0 Å². The highest BCUT2D eigenvalue weighted by atomic mass is 32.2. The Bertz CT molecular complexity index is 1040. The summed E-state index contributed by atoms with van der Waals surface area (Å²) in [4.78, 5) is 19.3. The van der Waals surface area contributed by atoms with Crippen LogP contribution in [0.15, 0.2) is 35.4 Å². The van der Waals surface area contributed by atoms with E-state index < -0.39 is 16.0 Å². The van der Waals surface area contributed by atoms with E-state index in [1.165, 1.54) is 14.1 Å². The number of hydrogen-bond acceptors (Lipinski definition) is 5. The number of aromatic amines is 1. The van der Waals surface area contributed by atoms with Crippen LogP contribution in [0.4, 0.5) is 0 Å². The number of ether oxygens (including phenoxy) is 1. The first-order valence-corrected chi connectivity index (χ1v) is 8.79. The van der Waals surface area contributed by atoms with Crippen molar-refractivity contribution in [2.75, 3.05) is 20.7 Å². The van der Waals surface area contributed by atoms with Crippen molar-refractivity contribution < 1.29 is 17.9 Å². The number of fused-ring (bicyclic) bond motifs is 3. The quantitative estimate of drug-likeness (QED) is 0.730. The lowest BCUT2D eigenvalue weighted by Crippen LogP contribution is -2.22. The summed E-state index contributed by atoms with van der Waals surface area (Å²) in [5.41, 5.74) is 1.68. The Hall–Kier alpha value is -2.45. The third-order valence-corrected chi connectivity index (χ3v) is 5.53. The molecule has 0 saturated carbocycles. The Kier molecular flexibility index (Phi) is 4.02. The van der Waals surface area contributed by atoms with Crippen molar-refractivity contribution in [1.82, 2.24) is 14.3 Å².